The summed E-state index contributed by atoms with van der Waals surface area (Å²) in [6.07, 6.45) is 1.25. The van der Waals surface area contributed by atoms with Crippen molar-refractivity contribution in [3.05, 3.63) is 11.9 Å². The van der Waals surface area contributed by atoms with Crippen LogP contribution in [0.2, 0.25) is 0 Å². The van der Waals surface area contributed by atoms with Crippen molar-refractivity contribution in [3.8, 4) is 0 Å². The average Bonchev–Trinajstić information content (AvgIpc) is 2.76. The summed E-state index contributed by atoms with van der Waals surface area (Å²) in [6.45, 7) is 2.95. The van der Waals surface area contributed by atoms with E-state index in [0.717, 1.165) is 0 Å². The van der Waals surface area contributed by atoms with Gasteiger partial charge in [-0.05, 0) is 13.8 Å². The maximum absolute atomic E-state index is 12.0. The van der Waals surface area contributed by atoms with Gasteiger partial charge in [0.15, 0.2) is 5.69 Å². The smallest absolute Gasteiger partial charge is 0.277 e. The van der Waals surface area contributed by atoms with E-state index in [2.05, 4.69) is 20.7 Å². The normalized spacial score (nSPS) is 19.1. The van der Waals surface area contributed by atoms with Crippen LogP contribution in [-0.2, 0) is 9.59 Å². The summed E-state index contributed by atoms with van der Waals surface area (Å²) in [4.78, 5) is 36.1. The topological polar surface area (TPSA) is 108 Å². The number of hydrogen-bond acceptors (Lipinski definition) is 5. The third kappa shape index (κ3) is 1.77. The summed E-state index contributed by atoms with van der Waals surface area (Å²) in [7, 11) is 0. The highest BCUT2D eigenvalue weighted by molar-refractivity contribution is 6.08. The van der Waals surface area contributed by atoms with E-state index in [4.69, 9.17) is 0 Å². The van der Waals surface area contributed by atoms with Crippen LogP contribution in [0.4, 0.5) is 0 Å². The lowest BCUT2D eigenvalue weighted by molar-refractivity contribution is -0.143. The molecule has 17 heavy (non-hydrogen) atoms. The summed E-state index contributed by atoms with van der Waals surface area (Å²) >= 11 is 0. The first kappa shape index (κ1) is 11.2. The molecule has 8 heteroatoms. The molecule has 1 aliphatic heterocycles. The van der Waals surface area contributed by atoms with Crippen molar-refractivity contribution in [2.45, 2.75) is 19.4 Å². The Morgan fingerprint density at radius 2 is 2.18 bits per heavy atom. The zero-order valence-corrected chi connectivity index (χ0v) is 9.35. The molecule has 0 saturated carbocycles. The SMILES string of the molecule is CC1(C)C(=O)NC(=O)CN1C(=O)c1cn[nH]n1. The van der Waals surface area contributed by atoms with Crippen LogP contribution in [-0.4, -0.2) is 50.1 Å². The minimum Gasteiger partial charge on any atom is -0.314 e. The van der Waals surface area contributed by atoms with E-state index >= 15 is 0 Å². The van der Waals surface area contributed by atoms with Crippen molar-refractivity contribution in [1.82, 2.24) is 25.6 Å². The monoisotopic (exact) mass is 237 g/mol. The van der Waals surface area contributed by atoms with E-state index in [1.807, 2.05) is 0 Å². The quantitative estimate of drug-likeness (QED) is 0.589. The summed E-state index contributed by atoms with van der Waals surface area (Å²) in [5.41, 5.74) is -1.02. The van der Waals surface area contributed by atoms with E-state index < -0.39 is 23.3 Å². The number of hydrogen-bond donors (Lipinski definition) is 2. The van der Waals surface area contributed by atoms with Gasteiger partial charge in [-0.2, -0.15) is 15.4 Å². The number of rotatable bonds is 1. The molecule has 8 nitrogen and oxygen atoms in total. The second kappa shape index (κ2) is 3.65. The molecule has 1 saturated heterocycles. The second-order valence-electron chi connectivity index (χ2n) is 4.18. The highest BCUT2D eigenvalue weighted by Crippen LogP contribution is 2.19. The van der Waals surface area contributed by atoms with Gasteiger partial charge in [-0.1, -0.05) is 0 Å². The van der Waals surface area contributed by atoms with Crippen LogP contribution in [0.15, 0.2) is 6.20 Å². The molecule has 0 unspecified atom stereocenters. The van der Waals surface area contributed by atoms with Gasteiger partial charge in [0.2, 0.25) is 5.91 Å². The molecule has 0 radical (unpaired) electrons. The lowest BCUT2D eigenvalue weighted by Gasteiger charge is -2.39. The number of amides is 3. The molecular formula is C9H11N5O3. The molecular weight excluding hydrogens is 226 g/mol. The van der Waals surface area contributed by atoms with Gasteiger partial charge in [0.05, 0.1) is 6.20 Å². The van der Waals surface area contributed by atoms with Crippen molar-refractivity contribution < 1.29 is 14.4 Å². The second-order valence-corrected chi connectivity index (χ2v) is 4.18. The van der Waals surface area contributed by atoms with Gasteiger partial charge in [0, 0.05) is 0 Å². The van der Waals surface area contributed by atoms with E-state index in [0.29, 0.717) is 0 Å². The van der Waals surface area contributed by atoms with Crippen LogP contribution in [0.1, 0.15) is 24.3 Å². The van der Waals surface area contributed by atoms with Gasteiger partial charge in [-0.15, -0.1) is 0 Å². The fourth-order valence-corrected chi connectivity index (χ4v) is 1.55. The first-order chi connectivity index (χ1) is 7.93. The lowest BCUT2D eigenvalue weighted by Crippen LogP contribution is -2.65. The number of nitrogens with zero attached hydrogens (tertiary/aromatic N) is 3. The molecule has 1 aliphatic rings. The van der Waals surface area contributed by atoms with Crippen molar-refractivity contribution in [2.24, 2.45) is 0 Å². The molecule has 90 valence electrons. The Morgan fingerprint density at radius 3 is 2.76 bits per heavy atom. The molecule has 1 aromatic rings. The fourth-order valence-electron chi connectivity index (χ4n) is 1.55. The molecule has 0 aliphatic carbocycles. The lowest BCUT2D eigenvalue weighted by atomic mass is 9.98. The minimum absolute atomic E-state index is 0.0700. The van der Waals surface area contributed by atoms with Gasteiger partial charge in [0.25, 0.3) is 11.8 Å². The summed E-state index contributed by atoms with van der Waals surface area (Å²) in [6, 6.07) is 0. The maximum Gasteiger partial charge on any atom is 0.277 e. The van der Waals surface area contributed by atoms with Gasteiger partial charge in [-0.25, -0.2) is 0 Å². The Labute approximate surface area is 96.4 Å². The Hall–Kier alpha value is -2.25. The first-order valence-electron chi connectivity index (χ1n) is 4.95. The highest BCUT2D eigenvalue weighted by atomic mass is 16.2. The molecule has 2 N–H and O–H groups in total. The highest BCUT2D eigenvalue weighted by Gasteiger charge is 2.44. The van der Waals surface area contributed by atoms with E-state index in [1.54, 1.807) is 13.8 Å². The summed E-state index contributed by atoms with van der Waals surface area (Å²) < 4.78 is 0. The molecule has 0 aromatic carbocycles. The molecule has 1 fully saturated rings. The summed E-state index contributed by atoms with van der Waals surface area (Å²) in [5.74, 6) is -1.52. The third-order valence-electron chi connectivity index (χ3n) is 2.66. The van der Waals surface area contributed by atoms with Gasteiger partial charge >= 0.3 is 0 Å². The van der Waals surface area contributed by atoms with Crippen molar-refractivity contribution in [2.75, 3.05) is 6.54 Å². The molecule has 0 bridgehead atoms. The predicted molar refractivity (Wildman–Crippen MR) is 54.6 cm³/mol. The first-order valence-corrected chi connectivity index (χ1v) is 4.95. The van der Waals surface area contributed by atoms with Gasteiger partial charge in [-0.3, -0.25) is 19.7 Å². The number of nitrogens with one attached hydrogen (secondary N) is 2. The molecule has 1 aromatic heterocycles. The van der Waals surface area contributed by atoms with Gasteiger partial charge in [0.1, 0.15) is 12.1 Å². The number of carbonyl (C=O) groups is 3. The molecule has 3 amide bonds. The Balaban J connectivity index is 2.33. The molecule has 2 heterocycles. The van der Waals surface area contributed by atoms with Crippen LogP contribution in [0.3, 0.4) is 0 Å². The summed E-state index contributed by atoms with van der Waals surface area (Å²) in [5, 5.41) is 11.6. The van der Waals surface area contributed by atoms with Crippen LogP contribution in [0.25, 0.3) is 0 Å². The number of H-pyrrole nitrogens is 1. The molecule has 2 rings (SSSR count). The Morgan fingerprint density at radius 1 is 1.47 bits per heavy atom. The predicted octanol–water partition coefficient (Wildman–Crippen LogP) is -1.32. The maximum atomic E-state index is 12.0. The Bertz CT molecular complexity index is 479. The number of piperazine rings is 1. The van der Waals surface area contributed by atoms with Crippen molar-refractivity contribution in [1.29, 1.82) is 0 Å². The average molecular weight is 237 g/mol. The van der Waals surface area contributed by atoms with Crippen LogP contribution in [0.5, 0.6) is 0 Å². The van der Waals surface area contributed by atoms with E-state index in [-0.39, 0.29) is 12.2 Å². The minimum atomic E-state index is -1.09. The molecule has 0 atom stereocenters. The van der Waals surface area contributed by atoms with Crippen LogP contribution >= 0.6 is 0 Å². The number of aromatic amines is 1. The van der Waals surface area contributed by atoms with Crippen molar-refractivity contribution >= 4 is 17.7 Å². The number of aromatic nitrogens is 3. The number of imide groups is 1. The van der Waals surface area contributed by atoms with Crippen LogP contribution < -0.4 is 5.32 Å². The van der Waals surface area contributed by atoms with Gasteiger partial charge < -0.3 is 4.90 Å². The fraction of sp³-hybridized carbons (Fsp3) is 0.444. The number of carbonyl (C=O) groups excluding carboxylic acids is 3. The standard InChI is InChI=1S/C9H11N5O3/c1-9(2)8(17)11-6(15)4-14(9)7(16)5-3-10-13-12-5/h3H,4H2,1-2H3,(H,10,12,13)(H,11,15,17). The molecule has 0 spiro atoms. The van der Waals surface area contributed by atoms with Crippen LogP contribution in [0, 0.1) is 0 Å². The zero-order valence-electron chi connectivity index (χ0n) is 9.35. The Kier molecular flexibility index (Phi) is 2.41. The zero-order chi connectivity index (χ0) is 12.6. The van der Waals surface area contributed by atoms with E-state index in [9.17, 15) is 14.4 Å². The van der Waals surface area contributed by atoms with E-state index in [1.165, 1.54) is 11.1 Å². The third-order valence-corrected chi connectivity index (χ3v) is 2.66. The largest absolute Gasteiger partial charge is 0.314 e. The van der Waals surface area contributed by atoms with Crippen molar-refractivity contribution in [3.63, 3.8) is 0 Å².